The van der Waals surface area contributed by atoms with Gasteiger partial charge in [-0.2, -0.15) is 11.8 Å². The van der Waals surface area contributed by atoms with E-state index < -0.39 is 5.97 Å². The summed E-state index contributed by atoms with van der Waals surface area (Å²) in [6.07, 6.45) is 2.88. The van der Waals surface area contributed by atoms with E-state index in [0.29, 0.717) is 5.25 Å². The van der Waals surface area contributed by atoms with Crippen molar-refractivity contribution < 1.29 is 9.90 Å². The van der Waals surface area contributed by atoms with E-state index >= 15 is 0 Å². The van der Waals surface area contributed by atoms with E-state index in [1.807, 2.05) is 11.8 Å². The van der Waals surface area contributed by atoms with Gasteiger partial charge in [-0.3, -0.25) is 9.69 Å². The Balaban J connectivity index is 2.50. The molecule has 0 aromatic heterocycles. The summed E-state index contributed by atoms with van der Waals surface area (Å²) in [6.45, 7) is 6.13. The first kappa shape index (κ1) is 12.8. The Hall–Kier alpha value is -0.220. The van der Waals surface area contributed by atoms with Crippen LogP contribution in [-0.2, 0) is 4.79 Å². The molecule has 15 heavy (non-hydrogen) atoms. The zero-order valence-corrected chi connectivity index (χ0v) is 10.4. The highest BCUT2D eigenvalue weighted by molar-refractivity contribution is 7.99. The van der Waals surface area contributed by atoms with Crippen LogP contribution in [0.5, 0.6) is 0 Å². The van der Waals surface area contributed by atoms with Crippen LogP contribution in [0.25, 0.3) is 0 Å². The van der Waals surface area contributed by atoms with E-state index in [4.69, 9.17) is 0 Å². The van der Waals surface area contributed by atoms with Crippen molar-refractivity contribution in [2.75, 3.05) is 18.8 Å². The molecule has 2 atom stereocenters. The molecule has 3 nitrogen and oxygen atoms in total. The van der Waals surface area contributed by atoms with Gasteiger partial charge in [-0.25, -0.2) is 0 Å². The second kappa shape index (κ2) is 6.38. The summed E-state index contributed by atoms with van der Waals surface area (Å²) in [5.41, 5.74) is 0. The molecule has 2 unspecified atom stereocenters. The highest BCUT2D eigenvalue weighted by atomic mass is 32.2. The van der Waals surface area contributed by atoms with Crippen molar-refractivity contribution in [3.05, 3.63) is 0 Å². The van der Waals surface area contributed by atoms with Crippen LogP contribution in [0, 0.1) is 0 Å². The molecule has 88 valence electrons. The van der Waals surface area contributed by atoms with Crippen molar-refractivity contribution in [1.29, 1.82) is 0 Å². The lowest BCUT2D eigenvalue weighted by Crippen LogP contribution is -2.47. The molecule has 0 bridgehead atoms. The molecular weight excluding hydrogens is 210 g/mol. The number of carbonyl (C=O) groups is 1. The fourth-order valence-corrected chi connectivity index (χ4v) is 3.03. The SMILES string of the molecule is CCCCC(C(=O)O)N1CCSC(C)C1. The van der Waals surface area contributed by atoms with Gasteiger partial charge in [-0.15, -0.1) is 0 Å². The lowest BCUT2D eigenvalue weighted by atomic mass is 10.1. The van der Waals surface area contributed by atoms with Gasteiger partial charge >= 0.3 is 5.97 Å². The first-order valence-electron chi connectivity index (χ1n) is 5.73. The maximum Gasteiger partial charge on any atom is 0.320 e. The van der Waals surface area contributed by atoms with Crippen LogP contribution >= 0.6 is 11.8 Å². The fraction of sp³-hybridized carbons (Fsp3) is 0.909. The number of thioether (sulfide) groups is 1. The monoisotopic (exact) mass is 231 g/mol. The summed E-state index contributed by atoms with van der Waals surface area (Å²) < 4.78 is 0. The van der Waals surface area contributed by atoms with E-state index in [1.54, 1.807) is 0 Å². The minimum atomic E-state index is -0.650. The Kier molecular flexibility index (Phi) is 5.47. The summed E-state index contributed by atoms with van der Waals surface area (Å²) in [5, 5.41) is 9.76. The van der Waals surface area contributed by atoms with Gasteiger partial charge in [0.15, 0.2) is 0 Å². The molecule has 1 aliphatic rings. The zero-order valence-electron chi connectivity index (χ0n) is 9.61. The second-order valence-electron chi connectivity index (χ2n) is 4.17. The Morgan fingerprint density at radius 3 is 2.93 bits per heavy atom. The van der Waals surface area contributed by atoms with E-state index in [2.05, 4.69) is 18.7 Å². The van der Waals surface area contributed by atoms with Crippen LogP contribution in [0.3, 0.4) is 0 Å². The van der Waals surface area contributed by atoms with Crippen molar-refractivity contribution in [2.24, 2.45) is 0 Å². The maximum absolute atomic E-state index is 11.2. The molecule has 0 saturated carbocycles. The molecule has 1 fully saturated rings. The van der Waals surface area contributed by atoms with Crippen LogP contribution in [0.4, 0.5) is 0 Å². The summed E-state index contributed by atoms with van der Waals surface area (Å²) in [4.78, 5) is 13.3. The fourth-order valence-electron chi connectivity index (χ4n) is 1.99. The zero-order chi connectivity index (χ0) is 11.3. The summed E-state index contributed by atoms with van der Waals surface area (Å²) in [6, 6.07) is -0.256. The predicted molar refractivity (Wildman–Crippen MR) is 64.4 cm³/mol. The standard InChI is InChI=1S/C11H21NO2S/c1-3-4-5-10(11(13)14)12-6-7-15-9(2)8-12/h9-10H,3-8H2,1-2H3,(H,13,14). The quantitative estimate of drug-likeness (QED) is 0.786. The third-order valence-electron chi connectivity index (χ3n) is 2.83. The normalized spacial score (nSPS) is 25.1. The molecule has 0 aliphatic carbocycles. The highest BCUT2D eigenvalue weighted by Gasteiger charge is 2.28. The Bertz CT molecular complexity index is 211. The molecule has 0 amide bonds. The van der Waals surface area contributed by atoms with Gasteiger partial charge in [0.2, 0.25) is 0 Å². The molecule has 1 aliphatic heterocycles. The topological polar surface area (TPSA) is 40.5 Å². The van der Waals surface area contributed by atoms with Crippen molar-refractivity contribution in [1.82, 2.24) is 4.90 Å². The molecule has 1 saturated heterocycles. The Morgan fingerprint density at radius 1 is 1.67 bits per heavy atom. The molecule has 0 aromatic carbocycles. The van der Waals surface area contributed by atoms with E-state index in [0.717, 1.165) is 38.1 Å². The van der Waals surface area contributed by atoms with Crippen molar-refractivity contribution in [3.63, 3.8) is 0 Å². The minimum Gasteiger partial charge on any atom is -0.480 e. The molecule has 0 spiro atoms. The van der Waals surface area contributed by atoms with Gasteiger partial charge in [0.25, 0.3) is 0 Å². The lowest BCUT2D eigenvalue weighted by Gasteiger charge is -2.34. The number of rotatable bonds is 5. The van der Waals surface area contributed by atoms with E-state index in [9.17, 15) is 9.90 Å². The first-order valence-corrected chi connectivity index (χ1v) is 6.78. The number of unbranched alkanes of at least 4 members (excludes halogenated alkanes) is 1. The van der Waals surface area contributed by atoms with Gasteiger partial charge in [-0.05, 0) is 6.42 Å². The third kappa shape index (κ3) is 4.03. The van der Waals surface area contributed by atoms with E-state index in [1.165, 1.54) is 0 Å². The lowest BCUT2D eigenvalue weighted by molar-refractivity contribution is -0.143. The first-order chi connectivity index (χ1) is 7.15. The molecule has 0 radical (unpaired) electrons. The van der Waals surface area contributed by atoms with Gasteiger partial charge in [0, 0.05) is 24.1 Å². The maximum atomic E-state index is 11.2. The third-order valence-corrected chi connectivity index (χ3v) is 3.97. The van der Waals surface area contributed by atoms with Gasteiger partial charge in [0.1, 0.15) is 6.04 Å². The second-order valence-corrected chi connectivity index (χ2v) is 5.72. The van der Waals surface area contributed by atoms with Gasteiger partial charge in [-0.1, -0.05) is 26.7 Å². The number of carboxylic acids is 1. The molecule has 1 heterocycles. The van der Waals surface area contributed by atoms with Crippen LogP contribution in [0.1, 0.15) is 33.1 Å². The highest BCUT2D eigenvalue weighted by Crippen LogP contribution is 2.21. The minimum absolute atomic E-state index is 0.256. The number of nitrogens with zero attached hydrogens (tertiary/aromatic N) is 1. The molecular formula is C11H21NO2S. The van der Waals surface area contributed by atoms with Gasteiger partial charge < -0.3 is 5.11 Å². The molecule has 1 N–H and O–H groups in total. The summed E-state index contributed by atoms with van der Waals surface area (Å²) in [5.74, 6) is 0.416. The number of aliphatic carboxylic acids is 1. The molecule has 1 rings (SSSR count). The van der Waals surface area contributed by atoms with Crippen LogP contribution < -0.4 is 0 Å². The number of carboxylic acid groups (broad SMARTS) is 1. The van der Waals surface area contributed by atoms with Crippen LogP contribution in [0.2, 0.25) is 0 Å². The van der Waals surface area contributed by atoms with Crippen LogP contribution in [-0.4, -0.2) is 46.1 Å². The Morgan fingerprint density at radius 2 is 2.40 bits per heavy atom. The van der Waals surface area contributed by atoms with Gasteiger partial charge in [0.05, 0.1) is 0 Å². The smallest absolute Gasteiger partial charge is 0.320 e. The number of hydrogen-bond donors (Lipinski definition) is 1. The molecule has 0 aromatic rings. The summed E-state index contributed by atoms with van der Waals surface area (Å²) >= 11 is 1.94. The number of hydrogen-bond acceptors (Lipinski definition) is 3. The van der Waals surface area contributed by atoms with Crippen molar-refractivity contribution in [3.8, 4) is 0 Å². The van der Waals surface area contributed by atoms with E-state index in [-0.39, 0.29) is 6.04 Å². The van der Waals surface area contributed by atoms with Crippen LogP contribution in [0.15, 0.2) is 0 Å². The summed E-state index contributed by atoms with van der Waals surface area (Å²) in [7, 11) is 0. The average molecular weight is 231 g/mol. The average Bonchev–Trinajstić information content (AvgIpc) is 2.18. The molecule has 4 heteroatoms. The predicted octanol–water partition coefficient (Wildman–Crippen LogP) is 2.07. The van der Waals surface area contributed by atoms with Crippen molar-refractivity contribution >= 4 is 17.7 Å². The van der Waals surface area contributed by atoms with Crippen molar-refractivity contribution in [2.45, 2.75) is 44.4 Å². The Labute approximate surface area is 96.2 Å². The largest absolute Gasteiger partial charge is 0.480 e.